The van der Waals surface area contributed by atoms with Crippen molar-refractivity contribution in [2.45, 2.75) is 57.6 Å². The molecule has 0 atom stereocenters. The van der Waals surface area contributed by atoms with Crippen LogP contribution in [-0.2, 0) is 26.3 Å². The van der Waals surface area contributed by atoms with Crippen LogP contribution in [0.3, 0.4) is 0 Å². The van der Waals surface area contributed by atoms with Crippen LogP contribution in [-0.4, -0.2) is 31.4 Å². The molecule has 3 N–H and O–H groups in total. The minimum atomic E-state index is -0.318. The Balaban J connectivity index is 0.000000351. The largest absolute Gasteiger partial charge is 0.462 e. The molecule has 1 aliphatic rings. The number of nitrogens with one attached hydrogen (secondary N) is 1. The molecule has 0 aromatic heterocycles. The first-order chi connectivity index (χ1) is 11.4. The van der Waals surface area contributed by atoms with Gasteiger partial charge in [0.2, 0.25) is 0 Å². The van der Waals surface area contributed by atoms with Gasteiger partial charge in [-0.15, -0.1) is 0 Å². The van der Waals surface area contributed by atoms with Gasteiger partial charge in [-0.1, -0.05) is 24.3 Å². The summed E-state index contributed by atoms with van der Waals surface area (Å²) in [5, 5.41) is 3.35. The third kappa shape index (κ3) is 6.42. The monoisotopic (exact) mass is 334 g/mol. The van der Waals surface area contributed by atoms with Crippen LogP contribution in [0.5, 0.6) is 0 Å². The molecule has 0 bridgehead atoms. The van der Waals surface area contributed by atoms with Crippen LogP contribution in [0, 0.1) is 0 Å². The lowest BCUT2D eigenvalue weighted by Gasteiger charge is -2.37. The molecule has 24 heavy (non-hydrogen) atoms. The van der Waals surface area contributed by atoms with Gasteiger partial charge in [0.1, 0.15) is 11.9 Å². The summed E-state index contributed by atoms with van der Waals surface area (Å²) in [5.41, 5.74) is 7.75. The molecular weight excluding hydrogens is 304 g/mol. The van der Waals surface area contributed by atoms with Gasteiger partial charge < -0.3 is 20.6 Å². The molecule has 5 heteroatoms. The van der Waals surface area contributed by atoms with E-state index in [1.807, 2.05) is 20.8 Å². The van der Waals surface area contributed by atoms with E-state index in [-0.39, 0.29) is 11.0 Å². The lowest BCUT2D eigenvalue weighted by molar-refractivity contribution is -0.138. The predicted octanol–water partition coefficient (Wildman–Crippen LogP) is 2.31. The van der Waals surface area contributed by atoms with Crippen LogP contribution in [0.25, 0.3) is 0 Å². The molecule has 1 aliphatic heterocycles. The van der Waals surface area contributed by atoms with Crippen molar-refractivity contribution in [1.82, 2.24) is 5.32 Å². The minimum absolute atomic E-state index is 0.0418. The second-order valence-corrected chi connectivity index (χ2v) is 7.13. The first-order valence-electron chi connectivity index (χ1n) is 8.42. The topological polar surface area (TPSA) is 81.4 Å². The molecule has 1 aromatic rings. The van der Waals surface area contributed by atoms with E-state index in [1.54, 1.807) is 0 Å². The molecule has 0 aliphatic carbocycles. The summed E-state index contributed by atoms with van der Waals surface area (Å²) in [4.78, 5) is 20.5. The Bertz CT molecular complexity index is 500. The summed E-state index contributed by atoms with van der Waals surface area (Å²) in [6.07, 6.45) is 3.75. The summed E-state index contributed by atoms with van der Waals surface area (Å²) < 4.78 is 4.55. The van der Waals surface area contributed by atoms with Crippen molar-refractivity contribution in [3.05, 3.63) is 35.4 Å². The van der Waals surface area contributed by atoms with E-state index in [0.29, 0.717) is 19.4 Å². The van der Waals surface area contributed by atoms with Crippen molar-refractivity contribution in [3.8, 4) is 0 Å². The minimum Gasteiger partial charge on any atom is -0.462 e. The zero-order valence-corrected chi connectivity index (χ0v) is 15.0. The molecule has 5 nitrogen and oxygen atoms in total. The number of carbonyl (C=O) groups is 2. The van der Waals surface area contributed by atoms with Gasteiger partial charge in [0.05, 0.1) is 0 Å². The van der Waals surface area contributed by atoms with E-state index >= 15 is 0 Å². The van der Waals surface area contributed by atoms with Crippen LogP contribution in [0.15, 0.2) is 24.3 Å². The molecule has 0 spiro atoms. The van der Waals surface area contributed by atoms with Crippen LogP contribution in [0.2, 0.25) is 0 Å². The van der Waals surface area contributed by atoms with Crippen molar-refractivity contribution in [1.29, 1.82) is 0 Å². The van der Waals surface area contributed by atoms with Crippen LogP contribution >= 0.6 is 0 Å². The number of aldehydes is 1. The van der Waals surface area contributed by atoms with Crippen molar-refractivity contribution < 1.29 is 14.3 Å². The van der Waals surface area contributed by atoms with Gasteiger partial charge in [0.15, 0.2) is 0 Å². The zero-order chi connectivity index (χ0) is 18.1. The fourth-order valence-corrected chi connectivity index (χ4v) is 2.81. The Hall–Kier alpha value is -1.72. The maximum absolute atomic E-state index is 10.9. The fourth-order valence-electron chi connectivity index (χ4n) is 2.81. The number of benzene rings is 1. The molecular formula is C19H30N2O3. The van der Waals surface area contributed by atoms with Crippen LogP contribution in [0.4, 0.5) is 0 Å². The Labute approximate surface area is 145 Å². The Morgan fingerprint density at radius 3 is 2.12 bits per heavy atom. The van der Waals surface area contributed by atoms with Crippen molar-refractivity contribution >= 4 is 12.8 Å². The maximum atomic E-state index is 10.9. The standard InChI is InChI=1S/C14H20N2O.C5H10O2/c15-11-12-1-3-13(4-2-12)14(7-10-17)5-8-16-9-6-14;1-5(2,3)7-4-6/h1-4,10,16H,5-9,11,15H2;4H,1-3H3. The number of rotatable bonds is 5. The highest BCUT2D eigenvalue weighted by Crippen LogP contribution is 2.36. The van der Waals surface area contributed by atoms with Crippen molar-refractivity contribution in [2.75, 3.05) is 13.1 Å². The van der Waals surface area contributed by atoms with E-state index < -0.39 is 0 Å². The number of hydrogen-bond donors (Lipinski definition) is 2. The van der Waals surface area contributed by atoms with E-state index in [1.165, 1.54) is 5.56 Å². The Morgan fingerprint density at radius 2 is 1.75 bits per heavy atom. The molecule has 134 valence electrons. The molecule has 0 amide bonds. The van der Waals surface area contributed by atoms with E-state index in [4.69, 9.17) is 5.73 Å². The number of nitrogens with two attached hydrogens (primary N) is 1. The Morgan fingerprint density at radius 1 is 1.17 bits per heavy atom. The number of hydrogen-bond acceptors (Lipinski definition) is 5. The summed E-state index contributed by atoms with van der Waals surface area (Å²) in [5.74, 6) is 0. The summed E-state index contributed by atoms with van der Waals surface area (Å²) >= 11 is 0. The second kappa shape index (κ2) is 9.55. The third-order valence-corrected chi connectivity index (χ3v) is 4.24. The molecule has 1 heterocycles. The van der Waals surface area contributed by atoms with Crippen molar-refractivity contribution in [2.24, 2.45) is 5.73 Å². The smallest absolute Gasteiger partial charge is 0.293 e. The first kappa shape index (κ1) is 20.3. The average Bonchev–Trinajstić information content (AvgIpc) is 2.55. The van der Waals surface area contributed by atoms with E-state index in [2.05, 4.69) is 34.3 Å². The highest BCUT2D eigenvalue weighted by Gasteiger charge is 2.33. The van der Waals surface area contributed by atoms with E-state index in [0.717, 1.165) is 37.8 Å². The number of carbonyl (C=O) groups excluding carboxylic acids is 2. The molecule has 1 fully saturated rings. The van der Waals surface area contributed by atoms with Gasteiger partial charge >= 0.3 is 0 Å². The van der Waals surface area contributed by atoms with Gasteiger partial charge in [0, 0.05) is 18.4 Å². The van der Waals surface area contributed by atoms with Crippen LogP contribution in [0.1, 0.15) is 51.2 Å². The number of ether oxygens (including phenoxy) is 1. The number of piperidine rings is 1. The van der Waals surface area contributed by atoms with Gasteiger partial charge in [-0.2, -0.15) is 0 Å². The summed E-state index contributed by atoms with van der Waals surface area (Å²) in [7, 11) is 0. The first-order valence-corrected chi connectivity index (χ1v) is 8.42. The normalized spacial score (nSPS) is 16.5. The molecule has 1 aromatic carbocycles. The zero-order valence-electron chi connectivity index (χ0n) is 15.0. The maximum Gasteiger partial charge on any atom is 0.293 e. The predicted molar refractivity (Wildman–Crippen MR) is 95.7 cm³/mol. The molecule has 0 radical (unpaired) electrons. The SMILES string of the molecule is CC(C)(C)OC=O.NCc1ccc(C2(CC=O)CCNCC2)cc1. The summed E-state index contributed by atoms with van der Waals surface area (Å²) in [6, 6.07) is 8.42. The second-order valence-electron chi connectivity index (χ2n) is 7.13. The average molecular weight is 334 g/mol. The van der Waals surface area contributed by atoms with Crippen LogP contribution < -0.4 is 11.1 Å². The quantitative estimate of drug-likeness (QED) is 0.808. The Kier molecular flexibility index (Phi) is 8.08. The lowest BCUT2D eigenvalue weighted by Crippen LogP contribution is -2.40. The van der Waals surface area contributed by atoms with Gasteiger partial charge in [0.25, 0.3) is 6.47 Å². The molecule has 1 saturated heterocycles. The molecule has 0 saturated carbocycles. The lowest BCUT2D eigenvalue weighted by atomic mass is 9.71. The fraction of sp³-hybridized carbons (Fsp3) is 0.579. The van der Waals surface area contributed by atoms with Crippen molar-refractivity contribution in [3.63, 3.8) is 0 Å². The van der Waals surface area contributed by atoms with Gasteiger partial charge in [-0.05, 0) is 57.8 Å². The van der Waals surface area contributed by atoms with Gasteiger partial charge in [-0.25, -0.2) is 0 Å². The third-order valence-electron chi connectivity index (χ3n) is 4.24. The highest BCUT2D eigenvalue weighted by atomic mass is 16.5. The van der Waals surface area contributed by atoms with E-state index in [9.17, 15) is 9.59 Å². The highest BCUT2D eigenvalue weighted by molar-refractivity contribution is 5.54. The molecule has 0 unspecified atom stereocenters. The molecule has 2 rings (SSSR count). The summed E-state index contributed by atoms with van der Waals surface area (Å²) in [6.45, 7) is 8.48. The van der Waals surface area contributed by atoms with Gasteiger partial charge in [-0.3, -0.25) is 4.79 Å².